The number of benzene rings is 1. The fourth-order valence-corrected chi connectivity index (χ4v) is 5.04. The summed E-state index contributed by atoms with van der Waals surface area (Å²) >= 11 is 0. The molecule has 7 heteroatoms. The van der Waals surface area contributed by atoms with Crippen LogP contribution < -0.4 is 15.6 Å². The number of ether oxygens (including phenoxy) is 1. The molecule has 1 aromatic carbocycles. The van der Waals surface area contributed by atoms with E-state index in [1.807, 2.05) is 6.21 Å². The van der Waals surface area contributed by atoms with Crippen molar-refractivity contribution in [3.05, 3.63) is 45.0 Å². The first-order valence-electron chi connectivity index (χ1n) is 11.3. The van der Waals surface area contributed by atoms with Crippen molar-refractivity contribution in [1.29, 1.82) is 0 Å². The second kappa shape index (κ2) is 8.38. The Morgan fingerprint density at radius 2 is 2.00 bits per heavy atom. The molecule has 1 saturated heterocycles. The maximum absolute atomic E-state index is 12.6. The van der Waals surface area contributed by atoms with Gasteiger partial charge in [-0.25, -0.2) is 4.99 Å². The first-order chi connectivity index (χ1) is 15.1. The van der Waals surface area contributed by atoms with Gasteiger partial charge in [0.1, 0.15) is 11.6 Å². The Hall–Kier alpha value is -2.80. The Morgan fingerprint density at radius 1 is 1.16 bits per heavy atom. The third-order valence-electron chi connectivity index (χ3n) is 6.68. The van der Waals surface area contributed by atoms with Crippen LogP contribution in [0.2, 0.25) is 0 Å². The molecule has 0 bridgehead atoms. The van der Waals surface area contributed by atoms with Gasteiger partial charge in [0.25, 0.3) is 5.56 Å². The van der Waals surface area contributed by atoms with Gasteiger partial charge >= 0.3 is 0 Å². The van der Waals surface area contributed by atoms with E-state index in [1.165, 1.54) is 11.4 Å². The zero-order valence-corrected chi connectivity index (χ0v) is 18.5. The number of fused-ring (bicyclic) bond motifs is 3. The zero-order valence-electron chi connectivity index (χ0n) is 18.5. The van der Waals surface area contributed by atoms with Gasteiger partial charge in [-0.3, -0.25) is 9.69 Å². The van der Waals surface area contributed by atoms with E-state index in [9.17, 15) is 4.79 Å². The highest BCUT2D eigenvalue weighted by Gasteiger charge is 2.23. The Balaban J connectivity index is 1.37. The number of aromatic amines is 1. The van der Waals surface area contributed by atoms with Gasteiger partial charge in [0.15, 0.2) is 0 Å². The zero-order chi connectivity index (χ0) is 21.4. The molecule has 3 aliphatic rings. The highest BCUT2D eigenvalue weighted by Crippen LogP contribution is 2.36. The molecule has 4 heterocycles. The van der Waals surface area contributed by atoms with Crippen molar-refractivity contribution in [3.63, 3.8) is 0 Å². The maximum Gasteiger partial charge on any atom is 0.253 e. The third-order valence-corrected chi connectivity index (χ3v) is 6.68. The summed E-state index contributed by atoms with van der Waals surface area (Å²) in [6.07, 6.45) is 6.01. The molecule has 2 aromatic rings. The van der Waals surface area contributed by atoms with Crippen molar-refractivity contribution in [3.8, 4) is 5.75 Å². The molecule has 0 aliphatic carbocycles. The number of rotatable bonds is 4. The van der Waals surface area contributed by atoms with Gasteiger partial charge in [-0.2, -0.15) is 0 Å². The van der Waals surface area contributed by atoms with Crippen molar-refractivity contribution in [2.75, 3.05) is 45.2 Å². The average molecular weight is 422 g/mol. The predicted octanol–water partition coefficient (Wildman–Crippen LogP) is 3.11. The lowest BCUT2D eigenvalue weighted by Crippen LogP contribution is -2.45. The number of hydrogen-bond donors (Lipinski definition) is 2. The first kappa shape index (κ1) is 20.1. The van der Waals surface area contributed by atoms with Gasteiger partial charge in [0.2, 0.25) is 0 Å². The molecule has 0 radical (unpaired) electrons. The Morgan fingerprint density at radius 3 is 2.77 bits per heavy atom. The van der Waals surface area contributed by atoms with Gasteiger partial charge in [0.05, 0.1) is 23.7 Å². The van der Waals surface area contributed by atoms with Crippen LogP contribution in [0.1, 0.15) is 37.3 Å². The molecule has 1 fully saturated rings. The van der Waals surface area contributed by atoms with Gasteiger partial charge in [0, 0.05) is 51.0 Å². The molecule has 7 nitrogen and oxygen atoms in total. The molecule has 3 aliphatic heterocycles. The number of aromatic nitrogens is 1. The summed E-state index contributed by atoms with van der Waals surface area (Å²) < 4.78 is 5.76. The average Bonchev–Trinajstić information content (AvgIpc) is 2.79. The molecule has 1 aromatic heterocycles. The normalized spacial score (nSPS) is 19.5. The minimum Gasteiger partial charge on any atom is -0.496 e. The SMILES string of the molecule is COc1cc(CN2CCN(C3=C(C)CCC=N3)CC2)cc2[nH]c(=O)c3c(c12)NCCC3. The number of allylic oxidation sites excluding steroid dienone is 1. The Labute approximate surface area is 182 Å². The highest BCUT2D eigenvalue weighted by atomic mass is 16.5. The first-order valence-corrected chi connectivity index (χ1v) is 11.3. The van der Waals surface area contributed by atoms with E-state index < -0.39 is 0 Å². The molecule has 0 spiro atoms. The number of nitrogens with zero attached hydrogens (tertiary/aromatic N) is 3. The number of H-pyrrole nitrogens is 1. The molecule has 5 rings (SSSR count). The molecule has 31 heavy (non-hydrogen) atoms. The number of anilines is 1. The summed E-state index contributed by atoms with van der Waals surface area (Å²) in [6.45, 7) is 7.90. The van der Waals surface area contributed by atoms with Gasteiger partial charge in [-0.05, 0) is 55.9 Å². The van der Waals surface area contributed by atoms with Crippen molar-refractivity contribution in [2.24, 2.45) is 4.99 Å². The third kappa shape index (κ3) is 3.82. The van der Waals surface area contributed by atoms with Crippen molar-refractivity contribution in [2.45, 2.75) is 39.2 Å². The van der Waals surface area contributed by atoms with Crippen molar-refractivity contribution in [1.82, 2.24) is 14.8 Å². The van der Waals surface area contributed by atoms with Crippen LogP contribution in [0.3, 0.4) is 0 Å². The molecular formula is C24H31N5O2. The fraction of sp³-hybridized carbons (Fsp3) is 0.500. The van der Waals surface area contributed by atoms with Crippen LogP contribution in [-0.2, 0) is 13.0 Å². The van der Waals surface area contributed by atoms with Gasteiger partial charge < -0.3 is 19.9 Å². The second-order valence-electron chi connectivity index (χ2n) is 8.78. The largest absolute Gasteiger partial charge is 0.496 e. The lowest BCUT2D eigenvalue weighted by atomic mass is 9.99. The van der Waals surface area contributed by atoms with E-state index in [1.54, 1.807) is 7.11 Å². The summed E-state index contributed by atoms with van der Waals surface area (Å²) in [6, 6.07) is 4.24. The summed E-state index contributed by atoms with van der Waals surface area (Å²) in [5, 5.41) is 4.42. The van der Waals surface area contributed by atoms with E-state index in [2.05, 4.69) is 44.1 Å². The van der Waals surface area contributed by atoms with Crippen LogP contribution in [0.4, 0.5) is 5.69 Å². The number of pyridine rings is 1. The van der Waals surface area contributed by atoms with Crippen molar-refractivity contribution >= 4 is 22.8 Å². The Bertz CT molecular complexity index is 1110. The van der Waals surface area contributed by atoms with Crippen LogP contribution >= 0.6 is 0 Å². The summed E-state index contributed by atoms with van der Waals surface area (Å²) in [7, 11) is 1.71. The predicted molar refractivity (Wildman–Crippen MR) is 125 cm³/mol. The van der Waals surface area contributed by atoms with Gasteiger partial charge in [-0.15, -0.1) is 0 Å². The maximum atomic E-state index is 12.6. The van der Waals surface area contributed by atoms with E-state index in [0.717, 1.165) is 98.4 Å². The van der Waals surface area contributed by atoms with Crippen LogP contribution in [0.25, 0.3) is 10.9 Å². The molecule has 0 unspecified atom stereocenters. The molecule has 164 valence electrons. The van der Waals surface area contributed by atoms with E-state index in [4.69, 9.17) is 4.74 Å². The van der Waals surface area contributed by atoms with E-state index >= 15 is 0 Å². The summed E-state index contributed by atoms with van der Waals surface area (Å²) in [5.74, 6) is 2.00. The molecule has 2 N–H and O–H groups in total. The molecule has 0 amide bonds. The van der Waals surface area contributed by atoms with Crippen LogP contribution in [0, 0.1) is 0 Å². The van der Waals surface area contributed by atoms with E-state index in [-0.39, 0.29) is 5.56 Å². The fourth-order valence-electron chi connectivity index (χ4n) is 5.04. The lowest BCUT2D eigenvalue weighted by molar-refractivity contribution is 0.150. The summed E-state index contributed by atoms with van der Waals surface area (Å²) in [4.78, 5) is 25.3. The molecular weight excluding hydrogens is 390 g/mol. The smallest absolute Gasteiger partial charge is 0.253 e. The van der Waals surface area contributed by atoms with Crippen LogP contribution in [0.15, 0.2) is 33.3 Å². The number of aliphatic imine (C=N–C) groups is 1. The van der Waals surface area contributed by atoms with Crippen LogP contribution in [0.5, 0.6) is 5.75 Å². The molecule has 0 saturated carbocycles. The minimum atomic E-state index is 0.0131. The number of methoxy groups -OCH3 is 1. The standard InChI is InChI=1S/C24H31N5O2/c1-16-5-3-8-26-23(16)29-11-9-28(10-12-29)15-17-13-19-21(20(14-17)31-2)22-18(24(30)27-19)6-4-7-25-22/h8,13-14,25H,3-7,9-12,15H2,1-2H3,(H,27,30). The topological polar surface area (TPSA) is 73.0 Å². The number of hydrogen-bond acceptors (Lipinski definition) is 6. The second-order valence-corrected chi connectivity index (χ2v) is 8.78. The quantitative estimate of drug-likeness (QED) is 0.794. The monoisotopic (exact) mass is 421 g/mol. The number of piperazine rings is 1. The molecule has 0 atom stereocenters. The highest BCUT2D eigenvalue weighted by molar-refractivity contribution is 5.98. The van der Waals surface area contributed by atoms with Gasteiger partial charge in [-0.1, -0.05) is 0 Å². The number of nitrogens with one attached hydrogen (secondary N) is 2. The summed E-state index contributed by atoms with van der Waals surface area (Å²) in [5.41, 5.74) is 5.21. The van der Waals surface area contributed by atoms with Crippen molar-refractivity contribution < 1.29 is 4.74 Å². The van der Waals surface area contributed by atoms with Crippen LogP contribution in [-0.4, -0.2) is 60.8 Å². The minimum absolute atomic E-state index is 0.0131. The lowest BCUT2D eigenvalue weighted by Gasteiger charge is -2.37. The Kier molecular flexibility index (Phi) is 5.44. The van der Waals surface area contributed by atoms with E-state index in [0.29, 0.717) is 0 Å².